The van der Waals surface area contributed by atoms with Crippen LogP contribution >= 0.6 is 0 Å². The number of nitrogens with one attached hydrogen (secondary N) is 1. The Morgan fingerprint density at radius 2 is 1.94 bits per heavy atom. The Balaban J connectivity index is 4.04. The minimum Gasteiger partial charge on any atom is -0.382 e. The minimum absolute atomic E-state index is 0.200. The molecule has 16 heavy (non-hydrogen) atoms. The summed E-state index contributed by atoms with van der Waals surface area (Å²) in [5.41, 5.74) is 0.212. The Morgan fingerprint density at radius 3 is 2.31 bits per heavy atom. The van der Waals surface area contributed by atoms with E-state index in [1.165, 1.54) is 0 Å². The van der Waals surface area contributed by atoms with Crippen molar-refractivity contribution in [3.63, 3.8) is 0 Å². The van der Waals surface area contributed by atoms with E-state index in [1.54, 1.807) is 0 Å². The van der Waals surface area contributed by atoms with Gasteiger partial charge in [-0.3, -0.25) is 4.79 Å². The first-order valence-electron chi connectivity index (χ1n) is 4.85. The van der Waals surface area contributed by atoms with Gasteiger partial charge in [0.2, 0.25) is 5.91 Å². The fraction of sp³-hybridized carbons (Fsp3) is 0.700. The first-order valence-corrected chi connectivity index (χ1v) is 4.85. The summed E-state index contributed by atoms with van der Waals surface area (Å²) in [5.74, 6) is -0.456. The van der Waals surface area contributed by atoms with Crippen LogP contribution in [-0.2, 0) is 4.79 Å². The second-order valence-corrected chi connectivity index (χ2v) is 3.97. The molecule has 6 heteroatoms. The molecule has 0 fully saturated rings. The first-order chi connectivity index (χ1) is 7.14. The fourth-order valence-corrected chi connectivity index (χ4v) is 1.02. The largest absolute Gasteiger partial charge is 0.416 e. The van der Waals surface area contributed by atoms with Crippen LogP contribution in [0.5, 0.6) is 0 Å². The molecule has 0 aliphatic rings. The van der Waals surface area contributed by atoms with E-state index in [-0.39, 0.29) is 11.5 Å². The number of aliphatic hydroxyl groups excluding tert-OH is 1. The SMILES string of the molecule is C=C(CC(C)C)C(=O)NC[C@H](O)C(F)(F)F. The second kappa shape index (κ2) is 5.89. The van der Waals surface area contributed by atoms with E-state index in [0.717, 1.165) is 0 Å². The Kier molecular flexibility index (Phi) is 5.50. The van der Waals surface area contributed by atoms with E-state index in [1.807, 2.05) is 19.2 Å². The molecule has 2 N–H and O–H groups in total. The fourth-order valence-electron chi connectivity index (χ4n) is 1.02. The van der Waals surface area contributed by atoms with Crippen molar-refractivity contribution in [2.75, 3.05) is 6.54 Å². The third-order valence-corrected chi connectivity index (χ3v) is 1.81. The van der Waals surface area contributed by atoms with Crippen molar-refractivity contribution in [2.24, 2.45) is 5.92 Å². The van der Waals surface area contributed by atoms with E-state index < -0.39 is 24.7 Å². The molecule has 0 rings (SSSR count). The quantitative estimate of drug-likeness (QED) is 0.716. The van der Waals surface area contributed by atoms with Crippen LogP contribution < -0.4 is 5.32 Å². The van der Waals surface area contributed by atoms with Crippen LogP contribution in [0.4, 0.5) is 13.2 Å². The van der Waals surface area contributed by atoms with Gasteiger partial charge in [0.1, 0.15) is 0 Å². The lowest BCUT2D eigenvalue weighted by atomic mass is 10.0. The number of halogens is 3. The smallest absolute Gasteiger partial charge is 0.382 e. The molecular weight excluding hydrogens is 223 g/mol. The van der Waals surface area contributed by atoms with Crippen molar-refractivity contribution >= 4 is 5.91 Å². The third kappa shape index (κ3) is 5.75. The molecule has 0 aliphatic heterocycles. The summed E-state index contributed by atoms with van der Waals surface area (Å²) in [6, 6.07) is 0. The van der Waals surface area contributed by atoms with Crippen molar-refractivity contribution in [2.45, 2.75) is 32.5 Å². The summed E-state index contributed by atoms with van der Waals surface area (Å²) in [5, 5.41) is 10.6. The highest BCUT2D eigenvalue weighted by molar-refractivity contribution is 5.92. The summed E-state index contributed by atoms with van der Waals surface area (Å²) in [7, 11) is 0. The van der Waals surface area contributed by atoms with Crippen molar-refractivity contribution in [1.29, 1.82) is 0 Å². The average molecular weight is 239 g/mol. The van der Waals surface area contributed by atoms with E-state index in [4.69, 9.17) is 5.11 Å². The van der Waals surface area contributed by atoms with Gasteiger partial charge in [0.05, 0.1) is 6.54 Å². The van der Waals surface area contributed by atoms with Gasteiger partial charge in [-0.15, -0.1) is 0 Å². The Morgan fingerprint density at radius 1 is 1.44 bits per heavy atom. The van der Waals surface area contributed by atoms with Crippen molar-refractivity contribution in [3.05, 3.63) is 12.2 Å². The molecular formula is C10H16F3NO2. The molecule has 0 saturated heterocycles. The zero-order chi connectivity index (χ0) is 12.9. The normalized spacial score (nSPS) is 13.7. The average Bonchev–Trinajstić information content (AvgIpc) is 2.10. The number of hydrogen-bond acceptors (Lipinski definition) is 2. The lowest BCUT2D eigenvalue weighted by molar-refractivity contribution is -0.201. The van der Waals surface area contributed by atoms with Gasteiger partial charge in [0.15, 0.2) is 6.10 Å². The molecule has 0 unspecified atom stereocenters. The monoisotopic (exact) mass is 239 g/mol. The molecule has 0 radical (unpaired) electrons. The Labute approximate surface area is 92.3 Å². The summed E-state index contributed by atoms with van der Waals surface area (Å²) in [6.07, 6.45) is -6.84. The van der Waals surface area contributed by atoms with Crippen LogP contribution in [0.3, 0.4) is 0 Å². The molecule has 0 aliphatic carbocycles. The predicted molar refractivity (Wildman–Crippen MR) is 53.7 cm³/mol. The summed E-state index contributed by atoms with van der Waals surface area (Å²) < 4.78 is 35.7. The van der Waals surface area contributed by atoms with Gasteiger partial charge in [-0.05, 0) is 12.3 Å². The van der Waals surface area contributed by atoms with Gasteiger partial charge < -0.3 is 10.4 Å². The molecule has 0 aromatic heterocycles. The maximum absolute atomic E-state index is 11.9. The van der Waals surface area contributed by atoms with Gasteiger partial charge in [-0.2, -0.15) is 13.2 Å². The van der Waals surface area contributed by atoms with Gasteiger partial charge in [-0.25, -0.2) is 0 Å². The third-order valence-electron chi connectivity index (χ3n) is 1.81. The molecule has 1 atom stereocenters. The van der Waals surface area contributed by atoms with E-state index in [9.17, 15) is 18.0 Å². The zero-order valence-electron chi connectivity index (χ0n) is 9.27. The molecule has 1 amide bonds. The van der Waals surface area contributed by atoms with Crippen LogP contribution in [0.25, 0.3) is 0 Å². The highest BCUT2D eigenvalue weighted by Crippen LogP contribution is 2.19. The molecule has 0 heterocycles. The number of alkyl halides is 3. The summed E-state index contributed by atoms with van der Waals surface area (Å²) in [4.78, 5) is 11.2. The number of amides is 1. The van der Waals surface area contributed by atoms with Crippen LogP contribution in [0, 0.1) is 5.92 Å². The highest BCUT2D eigenvalue weighted by atomic mass is 19.4. The van der Waals surface area contributed by atoms with Gasteiger partial charge in [-0.1, -0.05) is 20.4 Å². The number of aliphatic hydroxyl groups is 1. The zero-order valence-corrected chi connectivity index (χ0v) is 9.27. The lowest BCUT2D eigenvalue weighted by Crippen LogP contribution is -2.41. The van der Waals surface area contributed by atoms with Crippen LogP contribution in [0.2, 0.25) is 0 Å². The van der Waals surface area contributed by atoms with Crippen molar-refractivity contribution < 1.29 is 23.1 Å². The van der Waals surface area contributed by atoms with E-state index >= 15 is 0 Å². The number of carbonyl (C=O) groups excluding carboxylic acids is 1. The van der Waals surface area contributed by atoms with Crippen LogP contribution in [0.15, 0.2) is 12.2 Å². The van der Waals surface area contributed by atoms with Gasteiger partial charge in [0, 0.05) is 5.57 Å². The molecule has 0 saturated carbocycles. The highest BCUT2D eigenvalue weighted by Gasteiger charge is 2.38. The lowest BCUT2D eigenvalue weighted by Gasteiger charge is -2.16. The maximum Gasteiger partial charge on any atom is 0.416 e. The van der Waals surface area contributed by atoms with Gasteiger partial charge in [0.25, 0.3) is 0 Å². The summed E-state index contributed by atoms with van der Waals surface area (Å²) in [6.45, 7) is 6.34. The Hall–Kier alpha value is -1.04. The predicted octanol–water partition coefficient (Wildman–Crippen LogP) is 1.63. The molecule has 0 bridgehead atoms. The molecule has 0 spiro atoms. The summed E-state index contributed by atoms with van der Waals surface area (Å²) >= 11 is 0. The Bertz CT molecular complexity index is 261. The van der Waals surface area contributed by atoms with Crippen LogP contribution in [-0.4, -0.2) is 29.8 Å². The van der Waals surface area contributed by atoms with E-state index in [2.05, 4.69) is 6.58 Å². The maximum atomic E-state index is 11.9. The van der Waals surface area contributed by atoms with Gasteiger partial charge >= 0.3 is 6.18 Å². The van der Waals surface area contributed by atoms with E-state index in [0.29, 0.717) is 6.42 Å². The molecule has 0 aromatic rings. The van der Waals surface area contributed by atoms with Crippen molar-refractivity contribution in [3.8, 4) is 0 Å². The minimum atomic E-state index is -4.72. The molecule has 3 nitrogen and oxygen atoms in total. The number of rotatable bonds is 5. The second-order valence-electron chi connectivity index (χ2n) is 3.97. The molecule has 0 aromatic carbocycles. The van der Waals surface area contributed by atoms with Crippen LogP contribution in [0.1, 0.15) is 20.3 Å². The number of carbonyl (C=O) groups is 1. The molecule has 94 valence electrons. The van der Waals surface area contributed by atoms with Crippen molar-refractivity contribution in [1.82, 2.24) is 5.32 Å². The standard InChI is InChI=1S/C10H16F3NO2/c1-6(2)4-7(3)9(16)14-5-8(15)10(11,12)13/h6,8,15H,3-5H2,1-2H3,(H,14,16)/t8-/m0/s1. The first kappa shape index (κ1) is 15.0. The topological polar surface area (TPSA) is 49.3 Å². The number of hydrogen-bond donors (Lipinski definition) is 2.